The van der Waals surface area contributed by atoms with Crippen LogP contribution in [-0.4, -0.2) is 17.2 Å². The minimum Gasteiger partial charge on any atom is -0.423 e. The Morgan fingerprint density at radius 1 is 1.27 bits per heavy atom. The van der Waals surface area contributed by atoms with Crippen LogP contribution in [0, 0.1) is 0 Å². The van der Waals surface area contributed by atoms with E-state index in [0.29, 0.717) is 5.46 Å². The van der Waals surface area contributed by atoms with Crippen molar-refractivity contribution in [3.63, 3.8) is 0 Å². The molecule has 0 bridgehead atoms. The molecule has 0 atom stereocenters. The summed E-state index contributed by atoms with van der Waals surface area (Å²) in [6.07, 6.45) is 5.18. The third kappa shape index (κ3) is 2.94. The Kier molecular flexibility index (Phi) is 4.09. The van der Waals surface area contributed by atoms with Gasteiger partial charge in [-0.1, -0.05) is 55.7 Å². The first-order valence-corrected chi connectivity index (χ1v) is 4.60. The topological polar surface area (TPSA) is 40.5 Å². The van der Waals surface area contributed by atoms with Gasteiger partial charge in [-0.3, -0.25) is 0 Å². The van der Waals surface area contributed by atoms with E-state index in [1.54, 1.807) is 30.4 Å². The fourth-order valence-corrected chi connectivity index (χ4v) is 1.29. The lowest BCUT2D eigenvalue weighted by Gasteiger charge is -2.04. The zero-order valence-corrected chi connectivity index (χ0v) is 8.43. The first-order chi connectivity index (χ1) is 7.19. The Labute approximate surface area is 90.0 Å². The summed E-state index contributed by atoms with van der Waals surface area (Å²) in [5, 5.41) is 18.0. The van der Waals surface area contributed by atoms with E-state index in [-0.39, 0.29) is 0 Å². The van der Waals surface area contributed by atoms with E-state index in [1.807, 2.05) is 12.1 Å². The summed E-state index contributed by atoms with van der Waals surface area (Å²) < 4.78 is 0. The van der Waals surface area contributed by atoms with E-state index < -0.39 is 7.12 Å². The molecule has 1 aromatic carbocycles. The second kappa shape index (κ2) is 5.34. The van der Waals surface area contributed by atoms with E-state index in [1.165, 1.54) is 0 Å². The van der Waals surface area contributed by atoms with Gasteiger partial charge in [0.2, 0.25) is 0 Å². The molecule has 2 nitrogen and oxygen atoms in total. The van der Waals surface area contributed by atoms with Crippen molar-refractivity contribution in [1.82, 2.24) is 0 Å². The standard InChI is InChI=1S/C12H13BO2/c1-3-6-10(4-2)11-7-5-8-12(9-11)13(14)15/h3-9,14-15H,1-2H2/b10-6+. The van der Waals surface area contributed by atoms with Crippen LogP contribution in [0.3, 0.4) is 0 Å². The van der Waals surface area contributed by atoms with Crippen LogP contribution in [0.2, 0.25) is 0 Å². The van der Waals surface area contributed by atoms with Crippen molar-refractivity contribution in [1.29, 1.82) is 0 Å². The minimum absolute atomic E-state index is 0.462. The van der Waals surface area contributed by atoms with Crippen molar-refractivity contribution in [3.05, 3.63) is 61.2 Å². The fourth-order valence-electron chi connectivity index (χ4n) is 1.29. The SMILES string of the molecule is C=C/C=C(\C=C)c1cccc(B(O)O)c1. The predicted molar refractivity (Wildman–Crippen MR) is 64.6 cm³/mol. The first kappa shape index (κ1) is 11.5. The molecule has 0 fully saturated rings. The summed E-state index contributed by atoms with van der Waals surface area (Å²) in [5.74, 6) is 0. The van der Waals surface area contributed by atoms with Crippen LogP contribution in [-0.2, 0) is 0 Å². The molecule has 1 rings (SSSR count). The van der Waals surface area contributed by atoms with Crippen LogP contribution in [0.4, 0.5) is 0 Å². The average Bonchev–Trinajstić information content (AvgIpc) is 2.26. The normalized spacial score (nSPS) is 10.9. The Morgan fingerprint density at radius 3 is 2.53 bits per heavy atom. The lowest BCUT2D eigenvalue weighted by molar-refractivity contribution is 0.426. The molecule has 0 aliphatic rings. The van der Waals surface area contributed by atoms with Crippen molar-refractivity contribution < 1.29 is 10.0 Å². The summed E-state index contributed by atoms with van der Waals surface area (Å²) in [7, 11) is -1.44. The average molecular weight is 200 g/mol. The van der Waals surface area contributed by atoms with Crippen LogP contribution < -0.4 is 5.46 Å². The molecule has 76 valence electrons. The second-order valence-corrected chi connectivity index (χ2v) is 3.06. The Morgan fingerprint density at radius 2 is 2.00 bits per heavy atom. The molecule has 0 saturated carbocycles. The van der Waals surface area contributed by atoms with Gasteiger partial charge in [0.05, 0.1) is 0 Å². The van der Waals surface area contributed by atoms with Gasteiger partial charge in [-0.05, 0) is 16.6 Å². The molecular weight excluding hydrogens is 187 g/mol. The lowest BCUT2D eigenvalue weighted by atomic mass is 9.79. The molecule has 0 aromatic heterocycles. The molecule has 2 N–H and O–H groups in total. The van der Waals surface area contributed by atoms with E-state index in [4.69, 9.17) is 10.0 Å². The zero-order valence-electron chi connectivity index (χ0n) is 8.43. The maximum absolute atomic E-state index is 9.02. The number of benzene rings is 1. The molecule has 0 radical (unpaired) electrons. The molecule has 0 aliphatic heterocycles. The molecule has 0 unspecified atom stereocenters. The lowest BCUT2D eigenvalue weighted by Crippen LogP contribution is -2.29. The highest BCUT2D eigenvalue weighted by Crippen LogP contribution is 2.13. The Balaban J connectivity index is 3.14. The first-order valence-electron chi connectivity index (χ1n) is 4.60. The Bertz CT molecular complexity index is 394. The highest BCUT2D eigenvalue weighted by Gasteiger charge is 2.10. The van der Waals surface area contributed by atoms with Gasteiger partial charge in [0.1, 0.15) is 0 Å². The molecule has 3 heteroatoms. The molecule has 0 saturated heterocycles. The van der Waals surface area contributed by atoms with E-state index in [2.05, 4.69) is 13.2 Å². The predicted octanol–water partition coefficient (Wildman–Crippen LogP) is 1.12. The molecule has 1 aromatic rings. The zero-order chi connectivity index (χ0) is 11.3. The van der Waals surface area contributed by atoms with E-state index in [9.17, 15) is 0 Å². The third-order valence-electron chi connectivity index (χ3n) is 2.04. The van der Waals surface area contributed by atoms with Gasteiger partial charge in [0, 0.05) is 0 Å². The number of hydrogen-bond acceptors (Lipinski definition) is 2. The summed E-state index contributed by atoms with van der Waals surface area (Å²) in [6, 6.07) is 7.01. The summed E-state index contributed by atoms with van der Waals surface area (Å²) in [6.45, 7) is 7.30. The maximum atomic E-state index is 9.02. The number of hydrogen-bond donors (Lipinski definition) is 2. The Hall–Kier alpha value is -1.58. The van der Waals surface area contributed by atoms with Gasteiger partial charge >= 0.3 is 7.12 Å². The van der Waals surface area contributed by atoms with Gasteiger partial charge in [-0.2, -0.15) is 0 Å². The van der Waals surface area contributed by atoms with Crippen molar-refractivity contribution in [2.75, 3.05) is 0 Å². The van der Waals surface area contributed by atoms with Crippen LogP contribution in [0.5, 0.6) is 0 Å². The maximum Gasteiger partial charge on any atom is 0.488 e. The molecule has 0 aliphatic carbocycles. The van der Waals surface area contributed by atoms with Gasteiger partial charge in [0.15, 0.2) is 0 Å². The molecule has 15 heavy (non-hydrogen) atoms. The molecule has 0 spiro atoms. The fraction of sp³-hybridized carbons (Fsp3) is 0. The second-order valence-electron chi connectivity index (χ2n) is 3.06. The minimum atomic E-state index is -1.44. The summed E-state index contributed by atoms with van der Waals surface area (Å²) in [5.41, 5.74) is 2.24. The molecule has 0 heterocycles. The molecular formula is C12H13BO2. The van der Waals surface area contributed by atoms with Crippen molar-refractivity contribution in [3.8, 4) is 0 Å². The van der Waals surface area contributed by atoms with Gasteiger partial charge < -0.3 is 10.0 Å². The van der Waals surface area contributed by atoms with Gasteiger partial charge in [0.25, 0.3) is 0 Å². The monoisotopic (exact) mass is 200 g/mol. The highest BCUT2D eigenvalue weighted by molar-refractivity contribution is 6.58. The summed E-state index contributed by atoms with van der Waals surface area (Å²) in [4.78, 5) is 0. The number of allylic oxidation sites excluding steroid dienone is 4. The van der Waals surface area contributed by atoms with Crippen molar-refractivity contribution in [2.24, 2.45) is 0 Å². The highest BCUT2D eigenvalue weighted by atomic mass is 16.4. The third-order valence-corrected chi connectivity index (χ3v) is 2.04. The van der Waals surface area contributed by atoms with Gasteiger partial charge in [-0.15, -0.1) is 0 Å². The van der Waals surface area contributed by atoms with Crippen LogP contribution in [0.25, 0.3) is 5.57 Å². The largest absolute Gasteiger partial charge is 0.488 e. The van der Waals surface area contributed by atoms with Gasteiger partial charge in [-0.25, -0.2) is 0 Å². The van der Waals surface area contributed by atoms with Crippen molar-refractivity contribution >= 4 is 18.2 Å². The molecule has 0 amide bonds. The van der Waals surface area contributed by atoms with Crippen LogP contribution in [0.1, 0.15) is 5.56 Å². The number of rotatable bonds is 4. The van der Waals surface area contributed by atoms with E-state index in [0.717, 1.165) is 11.1 Å². The smallest absolute Gasteiger partial charge is 0.423 e. The van der Waals surface area contributed by atoms with Crippen LogP contribution in [0.15, 0.2) is 55.7 Å². The van der Waals surface area contributed by atoms with Crippen molar-refractivity contribution in [2.45, 2.75) is 0 Å². The van der Waals surface area contributed by atoms with E-state index >= 15 is 0 Å². The summed E-state index contributed by atoms with van der Waals surface area (Å²) >= 11 is 0. The quantitative estimate of drug-likeness (QED) is 0.564. The van der Waals surface area contributed by atoms with Crippen LogP contribution >= 0.6 is 0 Å².